The first kappa shape index (κ1) is 13.0. The normalized spacial score (nSPS) is 10.8. The van der Waals surface area contributed by atoms with E-state index < -0.39 is 0 Å². The van der Waals surface area contributed by atoms with Crippen molar-refractivity contribution in [1.82, 2.24) is 15.0 Å². The summed E-state index contributed by atoms with van der Waals surface area (Å²) < 4.78 is 15.1. The number of thioether (sulfide) groups is 1. The van der Waals surface area contributed by atoms with Crippen LogP contribution in [0.15, 0.2) is 35.4 Å². The van der Waals surface area contributed by atoms with Crippen molar-refractivity contribution in [1.29, 1.82) is 0 Å². The molecule has 0 aliphatic rings. The van der Waals surface area contributed by atoms with E-state index in [1.165, 1.54) is 17.8 Å². The van der Waals surface area contributed by atoms with Crippen molar-refractivity contribution >= 4 is 11.8 Å². The molecule has 96 valence electrons. The molecule has 0 aliphatic carbocycles. The Morgan fingerprint density at radius 1 is 1.33 bits per heavy atom. The Balaban J connectivity index is 1.83. The molecule has 18 heavy (non-hydrogen) atoms. The summed E-state index contributed by atoms with van der Waals surface area (Å²) in [6.07, 6.45) is 2.62. The number of rotatable bonds is 6. The number of halogens is 1. The van der Waals surface area contributed by atoms with Crippen molar-refractivity contribution in [3.8, 4) is 0 Å². The third-order valence-corrected chi connectivity index (χ3v) is 3.43. The standard InChI is InChI=1S/C12H15FN4S/c13-11-3-1-2-4-12(11)18-8-7-17-9-10(5-6-14)15-16-17/h1-4,9H,5-8,14H2. The summed E-state index contributed by atoms with van der Waals surface area (Å²) in [7, 11) is 0. The van der Waals surface area contributed by atoms with Crippen LogP contribution in [-0.2, 0) is 13.0 Å². The Hall–Kier alpha value is -1.40. The predicted octanol–water partition coefficient (Wildman–Crippen LogP) is 1.71. The minimum atomic E-state index is -0.176. The molecule has 0 aliphatic heterocycles. The zero-order valence-electron chi connectivity index (χ0n) is 9.92. The molecule has 0 atom stereocenters. The highest BCUT2D eigenvalue weighted by molar-refractivity contribution is 7.99. The molecule has 6 heteroatoms. The average Bonchev–Trinajstić information content (AvgIpc) is 2.80. The molecule has 0 radical (unpaired) electrons. The molecule has 2 aromatic rings. The van der Waals surface area contributed by atoms with Crippen LogP contribution in [0.3, 0.4) is 0 Å². The average molecular weight is 266 g/mol. The van der Waals surface area contributed by atoms with Gasteiger partial charge in [0.2, 0.25) is 0 Å². The highest BCUT2D eigenvalue weighted by Gasteiger charge is 2.03. The van der Waals surface area contributed by atoms with E-state index in [9.17, 15) is 4.39 Å². The van der Waals surface area contributed by atoms with Crippen LogP contribution in [-0.4, -0.2) is 27.3 Å². The zero-order valence-corrected chi connectivity index (χ0v) is 10.7. The van der Waals surface area contributed by atoms with Gasteiger partial charge in [-0.1, -0.05) is 17.3 Å². The molecule has 0 saturated heterocycles. The van der Waals surface area contributed by atoms with Gasteiger partial charge in [0.1, 0.15) is 5.82 Å². The number of aryl methyl sites for hydroxylation is 1. The third-order valence-electron chi connectivity index (χ3n) is 2.40. The summed E-state index contributed by atoms with van der Waals surface area (Å²) in [5.74, 6) is 0.580. The lowest BCUT2D eigenvalue weighted by molar-refractivity contribution is 0.600. The van der Waals surface area contributed by atoms with Crippen molar-refractivity contribution in [3.63, 3.8) is 0 Å². The van der Waals surface area contributed by atoms with E-state index in [4.69, 9.17) is 5.73 Å². The Morgan fingerprint density at radius 3 is 2.94 bits per heavy atom. The van der Waals surface area contributed by atoms with Crippen LogP contribution >= 0.6 is 11.8 Å². The van der Waals surface area contributed by atoms with Crippen LogP contribution in [0.2, 0.25) is 0 Å². The fourth-order valence-electron chi connectivity index (χ4n) is 1.52. The van der Waals surface area contributed by atoms with E-state index in [1.54, 1.807) is 16.8 Å². The van der Waals surface area contributed by atoms with Gasteiger partial charge in [-0.25, -0.2) is 4.39 Å². The first-order chi connectivity index (χ1) is 8.79. The van der Waals surface area contributed by atoms with Crippen LogP contribution in [0, 0.1) is 5.82 Å². The summed E-state index contributed by atoms with van der Waals surface area (Å²) in [6.45, 7) is 1.28. The number of nitrogens with two attached hydrogens (primary N) is 1. The van der Waals surface area contributed by atoms with Crippen molar-refractivity contribution in [2.75, 3.05) is 12.3 Å². The molecule has 1 heterocycles. The second kappa shape index (κ2) is 6.51. The second-order valence-corrected chi connectivity index (χ2v) is 4.93. The maximum absolute atomic E-state index is 13.4. The minimum absolute atomic E-state index is 0.176. The van der Waals surface area contributed by atoms with Crippen molar-refractivity contribution in [2.24, 2.45) is 5.73 Å². The largest absolute Gasteiger partial charge is 0.330 e. The SMILES string of the molecule is NCCc1cn(CCSc2ccccc2F)nn1. The summed E-state index contributed by atoms with van der Waals surface area (Å²) >= 11 is 1.48. The summed E-state index contributed by atoms with van der Waals surface area (Å²) in [5.41, 5.74) is 6.34. The van der Waals surface area contributed by atoms with Crippen LogP contribution in [0.1, 0.15) is 5.69 Å². The van der Waals surface area contributed by atoms with Crippen molar-refractivity contribution in [2.45, 2.75) is 17.9 Å². The first-order valence-corrected chi connectivity index (χ1v) is 6.74. The summed E-state index contributed by atoms with van der Waals surface area (Å²) in [5, 5.41) is 7.99. The van der Waals surface area contributed by atoms with E-state index in [2.05, 4.69) is 10.3 Å². The molecular weight excluding hydrogens is 251 g/mol. The summed E-state index contributed by atoms with van der Waals surface area (Å²) in [4.78, 5) is 0.666. The van der Waals surface area contributed by atoms with Gasteiger partial charge in [-0.05, 0) is 18.7 Å². The second-order valence-electron chi connectivity index (χ2n) is 3.79. The monoisotopic (exact) mass is 266 g/mol. The van der Waals surface area contributed by atoms with Gasteiger partial charge in [-0.2, -0.15) is 0 Å². The number of hydrogen-bond donors (Lipinski definition) is 1. The number of aromatic nitrogens is 3. The van der Waals surface area contributed by atoms with Gasteiger partial charge in [0.05, 0.1) is 12.2 Å². The van der Waals surface area contributed by atoms with Gasteiger partial charge in [0.15, 0.2) is 0 Å². The topological polar surface area (TPSA) is 56.7 Å². The minimum Gasteiger partial charge on any atom is -0.330 e. The van der Waals surface area contributed by atoms with Gasteiger partial charge in [0.25, 0.3) is 0 Å². The molecule has 0 bridgehead atoms. The van der Waals surface area contributed by atoms with Gasteiger partial charge in [0, 0.05) is 23.3 Å². The Labute approximate surface area is 109 Å². The van der Waals surface area contributed by atoms with E-state index >= 15 is 0 Å². The lowest BCUT2D eigenvalue weighted by Gasteiger charge is -2.02. The van der Waals surface area contributed by atoms with Crippen molar-refractivity contribution in [3.05, 3.63) is 42.0 Å². The number of hydrogen-bond acceptors (Lipinski definition) is 4. The Morgan fingerprint density at radius 2 is 2.17 bits per heavy atom. The molecule has 0 saturated carbocycles. The molecule has 4 nitrogen and oxygen atoms in total. The first-order valence-electron chi connectivity index (χ1n) is 5.76. The van der Waals surface area contributed by atoms with Crippen LogP contribution in [0.25, 0.3) is 0 Å². The maximum Gasteiger partial charge on any atom is 0.136 e. The molecule has 0 unspecified atom stereocenters. The van der Waals surface area contributed by atoms with Gasteiger partial charge in [-0.15, -0.1) is 16.9 Å². The Kier molecular flexibility index (Phi) is 4.72. The van der Waals surface area contributed by atoms with E-state index in [-0.39, 0.29) is 5.82 Å². The third kappa shape index (κ3) is 3.54. The van der Waals surface area contributed by atoms with Crippen molar-refractivity contribution < 1.29 is 4.39 Å². The quantitative estimate of drug-likeness (QED) is 0.809. The molecule has 0 fully saturated rings. The molecule has 1 aromatic carbocycles. The molecule has 0 amide bonds. The lowest BCUT2D eigenvalue weighted by Crippen LogP contribution is -2.03. The van der Waals surface area contributed by atoms with Crippen LogP contribution in [0.5, 0.6) is 0 Å². The van der Waals surface area contributed by atoms with Gasteiger partial charge >= 0.3 is 0 Å². The van der Waals surface area contributed by atoms with Gasteiger partial charge < -0.3 is 5.73 Å². The van der Waals surface area contributed by atoms with Gasteiger partial charge in [-0.3, -0.25) is 4.68 Å². The fraction of sp³-hybridized carbons (Fsp3) is 0.333. The highest BCUT2D eigenvalue weighted by Crippen LogP contribution is 2.21. The zero-order chi connectivity index (χ0) is 12.8. The molecule has 1 aromatic heterocycles. The number of nitrogens with zero attached hydrogens (tertiary/aromatic N) is 3. The van der Waals surface area contributed by atoms with E-state index in [0.717, 1.165) is 17.9 Å². The molecule has 0 spiro atoms. The predicted molar refractivity (Wildman–Crippen MR) is 69.9 cm³/mol. The van der Waals surface area contributed by atoms with E-state index in [1.807, 2.05) is 12.3 Å². The molecule has 2 N–H and O–H groups in total. The molecular formula is C12H15FN4S. The molecule has 2 rings (SSSR count). The highest BCUT2D eigenvalue weighted by atomic mass is 32.2. The van der Waals surface area contributed by atoms with Crippen LogP contribution in [0.4, 0.5) is 4.39 Å². The maximum atomic E-state index is 13.4. The fourth-order valence-corrected chi connectivity index (χ4v) is 2.40. The smallest absolute Gasteiger partial charge is 0.136 e. The number of benzene rings is 1. The van der Waals surface area contributed by atoms with E-state index in [0.29, 0.717) is 18.0 Å². The Bertz CT molecular complexity index is 500. The summed E-state index contributed by atoms with van der Waals surface area (Å²) in [6, 6.07) is 6.77. The lowest BCUT2D eigenvalue weighted by atomic mass is 10.3. The van der Waals surface area contributed by atoms with Crippen LogP contribution < -0.4 is 5.73 Å².